The molecule has 1 N–H and O–H groups in total. The Labute approximate surface area is 150 Å². The van der Waals surface area contributed by atoms with E-state index in [0.29, 0.717) is 23.2 Å². The van der Waals surface area contributed by atoms with Crippen molar-refractivity contribution < 1.29 is 9.21 Å². The van der Waals surface area contributed by atoms with Gasteiger partial charge >= 0.3 is 0 Å². The van der Waals surface area contributed by atoms with Crippen molar-refractivity contribution in [2.75, 3.05) is 13.1 Å². The summed E-state index contributed by atoms with van der Waals surface area (Å²) in [5.74, 6) is 0.422. The third kappa shape index (κ3) is 2.40. The van der Waals surface area contributed by atoms with E-state index in [1.807, 2.05) is 0 Å². The Morgan fingerprint density at radius 2 is 2.19 bits per heavy atom. The molecule has 3 aliphatic heterocycles. The number of hydrogen-bond acceptors (Lipinski definition) is 6. The molecule has 26 heavy (non-hydrogen) atoms. The minimum Gasteiger partial charge on any atom is -0.460 e. The molecule has 6 heterocycles. The number of hydrogen-bond donors (Lipinski definition) is 1. The Morgan fingerprint density at radius 3 is 2.92 bits per heavy atom. The normalized spacial score (nSPS) is 27.7. The van der Waals surface area contributed by atoms with Crippen LogP contribution < -0.4 is 5.32 Å². The Balaban J connectivity index is 1.43. The first-order valence-corrected chi connectivity index (χ1v) is 8.99. The van der Waals surface area contributed by atoms with E-state index in [1.54, 1.807) is 35.6 Å². The standard InChI is InChI=1S/C18H20N6O2/c1-11-17(12-2-5-23(11)6-3-12)21-18(25)14-8-13-15(24-7-4-20-22-24)10-26-16(13)9-19-14/h4,7-12,17H,2-3,5-6H2,1H3,(H,21,25). The summed E-state index contributed by atoms with van der Waals surface area (Å²) in [5.41, 5.74) is 1.75. The van der Waals surface area contributed by atoms with Gasteiger partial charge in [-0.05, 0) is 44.8 Å². The second-order valence-electron chi connectivity index (χ2n) is 7.15. The van der Waals surface area contributed by atoms with Crippen molar-refractivity contribution in [1.82, 2.24) is 30.2 Å². The van der Waals surface area contributed by atoms with Gasteiger partial charge in [-0.3, -0.25) is 9.69 Å². The molecule has 3 aliphatic rings. The summed E-state index contributed by atoms with van der Waals surface area (Å²) < 4.78 is 7.14. The molecule has 8 heteroatoms. The molecule has 3 aromatic heterocycles. The summed E-state index contributed by atoms with van der Waals surface area (Å²) >= 11 is 0. The number of amides is 1. The number of rotatable bonds is 3. The predicted octanol–water partition coefficient (Wildman–Crippen LogP) is 1.62. The molecule has 0 spiro atoms. The van der Waals surface area contributed by atoms with Crippen molar-refractivity contribution in [3.05, 3.63) is 36.6 Å². The summed E-state index contributed by atoms with van der Waals surface area (Å²) in [6.45, 7) is 4.48. The lowest BCUT2D eigenvalue weighted by molar-refractivity contribution is 0.0216. The van der Waals surface area contributed by atoms with Gasteiger partial charge in [0.15, 0.2) is 5.58 Å². The van der Waals surface area contributed by atoms with Gasteiger partial charge < -0.3 is 9.73 Å². The van der Waals surface area contributed by atoms with Gasteiger partial charge in [0.25, 0.3) is 5.91 Å². The monoisotopic (exact) mass is 352 g/mol. The fourth-order valence-corrected chi connectivity index (χ4v) is 4.33. The molecule has 2 atom stereocenters. The first-order chi connectivity index (χ1) is 12.7. The molecule has 6 rings (SSSR count). The molecule has 0 aliphatic carbocycles. The molecule has 134 valence electrons. The molecule has 3 aromatic rings. The minimum atomic E-state index is -0.136. The van der Waals surface area contributed by atoms with Gasteiger partial charge in [0.2, 0.25) is 0 Å². The van der Waals surface area contributed by atoms with Crippen LogP contribution in [0.3, 0.4) is 0 Å². The Hall–Kier alpha value is -2.74. The average Bonchev–Trinajstić information content (AvgIpc) is 3.33. The second kappa shape index (κ2) is 5.91. The Bertz CT molecular complexity index is 940. The van der Waals surface area contributed by atoms with Gasteiger partial charge in [0.1, 0.15) is 17.6 Å². The highest BCUT2D eigenvalue weighted by molar-refractivity contribution is 5.97. The van der Waals surface area contributed by atoms with Crippen molar-refractivity contribution in [3.8, 4) is 5.69 Å². The van der Waals surface area contributed by atoms with Gasteiger partial charge in [-0.1, -0.05) is 5.21 Å². The fourth-order valence-electron chi connectivity index (χ4n) is 4.33. The molecule has 2 bridgehead atoms. The van der Waals surface area contributed by atoms with Gasteiger partial charge in [0, 0.05) is 12.1 Å². The lowest BCUT2D eigenvalue weighted by Gasteiger charge is -2.49. The van der Waals surface area contributed by atoms with Crippen molar-refractivity contribution in [2.45, 2.75) is 31.8 Å². The van der Waals surface area contributed by atoms with Gasteiger partial charge in [0.05, 0.1) is 24.0 Å². The topological polar surface area (TPSA) is 89.1 Å². The number of nitrogens with one attached hydrogen (secondary N) is 1. The molecule has 3 fully saturated rings. The molecule has 0 radical (unpaired) electrons. The maximum absolute atomic E-state index is 12.8. The van der Waals surface area contributed by atoms with Crippen LogP contribution in [0.5, 0.6) is 0 Å². The highest BCUT2D eigenvalue weighted by atomic mass is 16.3. The third-order valence-corrected chi connectivity index (χ3v) is 5.82. The van der Waals surface area contributed by atoms with Crippen LogP contribution >= 0.6 is 0 Å². The van der Waals surface area contributed by atoms with Crippen LogP contribution in [0, 0.1) is 5.92 Å². The fraction of sp³-hybridized carbons (Fsp3) is 0.444. The van der Waals surface area contributed by atoms with Crippen LogP contribution in [0.2, 0.25) is 0 Å². The van der Waals surface area contributed by atoms with E-state index >= 15 is 0 Å². The van der Waals surface area contributed by atoms with Crippen LogP contribution in [0.15, 0.2) is 35.3 Å². The average molecular weight is 352 g/mol. The van der Waals surface area contributed by atoms with E-state index in [9.17, 15) is 4.79 Å². The number of pyridine rings is 1. The van der Waals surface area contributed by atoms with Gasteiger partial charge in [-0.2, -0.15) is 0 Å². The van der Waals surface area contributed by atoms with Gasteiger partial charge in [-0.25, -0.2) is 9.67 Å². The van der Waals surface area contributed by atoms with Crippen molar-refractivity contribution in [3.63, 3.8) is 0 Å². The third-order valence-electron chi connectivity index (χ3n) is 5.82. The molecule has 0 aromatic carbocycles. The molecule has 2 unspecified atom stereocenters. The maximum atomic E-state index is 12.8. The van der Waals surface area contributed by atoms with E-state index in [2.05, 4.69) is 32.4 Å². The lowest BCUT2D eigenvalue weighted by Crippen LogP contribution is -2.62. The van der Waals surface area contributed by atoms with Crippen molar-refractivity contribution in [1.29, 1.82) is 0 Å². The van der Waals surface area contributed by atoms with E-state index in [-0.39, 0.29) is 11.9 Å². The van der Waals surface area contributed by atoms with E-state index in [1.165, 1.54) is 0 Å². The maximum Gasteiger partial charge on any atom is 0.270 e. The molecule has 1 amide bonds. The van der Waals surface area contributed by atoms with E-state index in [4.69, 9.17) is 4.42 Å². The largest absolute Gasteiger partial charge is 0.460 e. The molecule has 3 saturated heterocycles. The van der Waals surface area contributed by atoms with Crippen molar-refractivity contribution >= 4 is 16.9 Å². The first kappa shape index (κ1) is 15.5. The number of aromatic nitrogens is 4. The smallest absolute Gasteiger partial charge is 0.270 e. The SMILES string of the molecule is CC1C(NC(=O)c2cc3c(-n4ccnn4)coc3cn2)C2CCN1CC2. The summed E-state index contributed by atoms with van der Waals surface area (Å²) in [5, 5.41) is 11.8. The first-order valence-electron chi connectivity index (χ1n) is 8.99. The summed E-state index contributed by atoms with van der Waals surface area (Å²) in [6.07, 6.45) is 8.82. The van der Waals surface area contributed by atoms with Crippen LogP contribution in [0.4, 0.5) is 0 Å². The van der Waals surface area contributed by atoms with Crippen molar-refractivity contribution in [2.24, 2.45) is 5.92 Å². The zero-order valence-corrected chi connectivity index (χ0v) is 14.5. The predicted molar refractivity (Wildman–Crippen MR) is 93.9 cm³/mol. The summed E-state index contributed by atoms with van der Waals surface area (Å²) in [4.78, 5) is 19.6. The Morgan fingerprint density at radius 1 is 1.35 bits per heavy atom. The van der Waals surface area contributed by atoms with E-state index in [0.717, 1.165) is 37.0 Å². The summed E-state index contributed by atoms with van der Waals surface area (Å²) in [6, 6.07) is 2.31. The zero-order chi connectivity index (χ0) is 17.7. The number of furan rings is 1. The lowest BCUT2D eigenvalue weighted by atomic mass is 9.79. The quantitative estimate of drug-likeness (QED) is 0.770. The zero-order valence-electron chi connectivity index (χ0n) is 14.5. The number of fused-ring (bicyclic) bond motifs is 4. The van der Waals surface area contributed by atoms with Gasteiger partial charge in [-0.15, -0.1) is 5.10 Å². The molecule has 0 saturated carbocycles. The Kier molecular flexibility index (Phi) is 3.53. The van der Waals surface area contributed by atoms with E-state index < -0.39 is 0 Å². The number of carbonyl (C=O) groups excluding carboxylic acids is 1. The van der Waals surface area contributed by atoms with Crippen LogP contribution in [0.1, 0.15) is 30.3 Å². The highest BCUT2D eigenvalue weighted by Gasteiger charge is 2.40. The highest BCUT2D eigenvalue weighted by Crippen LogP contribution is 2.32. The van der Waals surface area contributed by atoms with Crippen LogP contribution in [0.25, 0.3) is 16.7 Å². The number of nitrogens with zero attached hydrogens (tertiary/aromatic N) is 5. The molecule has 8 nitrogen and oxygen atoms in total. The number of carbonyl (C=O) groups is 1. The minimum absolute atomic E-state index is 0.136. The van der Waals surface area contributed by atoms with Crippen LogP contribution in [-0.2, 0) is 0 Å². The number of piperidine rings is 3. The second-order valence-corrected chi connectivity index (χ2v) is 7.15. The summed E-state index contributed by atoms with van der Waals surface area (Å²) in [7, 11) is 0. The molecular weight excluding hydrogens is 332 g/mol. The van der Waals surface area contributed by atoms with Crippen LogP contribution in [-0.4, -0.2) is 56.0 Å². The molecular formula is C18H20N6O2.